The molecule has 1 fully saturated rings. The minimum Gasteiger partial charge on any atom is -0.393 e. The Bertz CT molecular complexity index is 189. The van der Waals surface area contributed by atoms with Crippen LogP contribution in [-0.2, 0) is 4.74 Å². The standard InChI is InChI=1S/C12H22O2/c1-10(2)5-6-11(13)9-12(14-3)7-4-8-12/h11,13H,1,4-9H2,2-3H3. The topological polar surface area (TPSA) is 29.5 Å². The van der Waals surface area contributed by atoms with Gasteiger partial charge in [0.1, 0.15) is 0 Å². The van der Waals surface area contributed by atoms with E-state index in [9.17, 15) is 5.11 Å². The van der Waals surface area contributed by atoms with Gasteiger partial charge in [0.2, 0.25) is 0 Å². The quantitative estimate of drug-likeness (QED) is 0.665. The first-order chi connectivity index (χ1) is 6.58. The van der Waals surface area contributed by atoms with Gasteiger partial charge in [-0.3, -0.25) is 0 Å². The third kappa shape index (κ3) is 3.10. The SMILES string of the molecule is C=C(C)CCC(O)CC1(OC)CCC1. The summed E-state index contributed by atoms with van der Waals surface area (Å²) < 4.78 is 5.47. The maximum absolute atomic E-state index is 9.81. The molecule has 1 saturated carbocycles. The lowest BCUT2D eigenvalue weighted by molar-refractivity contribution is -0.0998. The van der Waals surface area contributed by atoms with Gasteiger partial charge in [-0.1, -0.05) is 5.57 Å². The Kier molecular flexibility index (Phi) is 4.14. The summed E-state index contributed by atoms with van der Waals surface area (Å²) >= 11 is 0. The van der Waals surface area contributed by atoms with E-state index in [1.54, 1.807) is 7.11 Å². The van der Waals surface area contributed by atoms with Gasteiger partial charge < -0.3 is 9.84 Å². The van der Waals surface area contributed by atoms with E-state index in [2.05, 4.69) is 6.58 Å². The van der Waals surface area contributed by atoms with Crippen LogP contribution in [0.3, 0.4) is 0 Å². The van der Waals surface area contributed by atoms with Crippen LogP contribution in [0.2, 0.25) is 0 Å². The van der Waals surface area contributed by atoms with E-state index >= 15 is 0 Å². The van der Waals surface area contributed by atoms with Gasteiger partial charge in [0.25, 0.3) is 0 Å². The fourth-order valence-electron chi connectivity index (χ4n) is 2.01. The number of hydrogen-bond donors (Lipinski definition) is 1. The highest BCUT2D eigenvalue weighted by molar-refractivity contribution is 4.93. The lowest BCUT2D eigenvalue weighted by Crippen LogP contribution is -2.42. The molecule has 0 aromatic heterocycles. The van der Waals surface area contributed by atoms with E-state index in [4.69, 9.17) is 4.74 Å². The molecule has 0 aromatic rings. The van der Waals surface area contributed by atoms with Crippen molar-refractivity contribution in [1.29, 1.82) is 0 Å². The van der Waals surface area contributed by atoms with Crippen LogP contribution in [-0.4, -0.2) is 23.9 Å². The molecule has 1 N–H and O–H groups in total. The summed E-state index contributed by atoms with van der Waals surface area (Å²) in [4.78, 5) is 0. The summed E-state index contributed by atoms with van der Waals surface area (Å²) in [6.07, 6.45) is 5.74. The Morgan fingerprint density at radius 3 is 2.57 bits per heavy atom. The second-order valence-electron chi connectivity index (χ2n) is 4.59. The minimum atomic E-state index is -0.230. The predicted molar refractivity (Wildman–Crippen MR) is 58.3 cm³/mol. The number of hydrogen-bond acceptors (Lipinski definition) is 2. The molecule has 0 amide bonds. The van der Waals surface area contributed by atoms with Crippen LogP contribution in [0.15, 0.2) is 12.2 Å². The molecule has 1 rings (SSSR count). The number of aliphatic hydroxyl groups excluding tert-OH is 1. The van der Waals surface area contributed by atoms with E-state index in [0.29, 0.717) is 0 Å². The van der Waals surface area contributed by atoms with Crippen molar-refractivity contribution < 1.29 is 9.84 Å². The summed E-state index contributed by atoms with van der Waals surface area (Å²) in [5.41, 5.74) is 1.14. The van der Waals surface area contributed by atoms with Crippen LogP contribution < -0.4 is 0 Å². The number of ether oxygens (including phenoxy) is 1. The Labute approximate surface area is 87.0 Å². The fourth-order valence-corrected chi connectivity index (χ4v) is 2.01. The predicted octanol–water partition coefficient (Wildman–Crippen LogP) is 2.66. The second-order valence-corrected chi connectivity index (χ2v) is 4.59. The van der Waals surface area contributed by atoms with Crippen molar-refractivity contribution >= 4 is 0 Å². The summed E-state index contributed by atoms with van der Waals surface area (Å²) in [5.74, 6) is 0. The van der Waals surface area contributed by atoms with E-state index in [0.717, 1.165) is 37.7 Å². The van der Waals surface area contributed by atoms with Crippen molar-refractivity contribution in [2.75, 3.05) is 7.11 Å². The van der Waals surface area contributed by atoms with Gasteiger partial charge in [0.05, 0.1) is 11.7 Å². The maximum Gasteiger partial charge on any atom is 0.0703 e. The molecule has 1 unspecified atom stereocenters. The average molecular weight is 198 g/mol. The van der Waals surface area contributed by atoms with Crippen LogP contribution in [0.25, 0.3) is 0 Å². The molecule has 1 atom stereocenters. The second kappa shape index (κ2) is 4.94. The van der Waals surface area contributed by atoms with Crippen LogP contribution in [0, 0.1) is 0 Å². The third-order valence-electron chi connectivity index (χ3n) is 3.21. The van der Waals surface area contributed by atoms with Crippen molar-refractivity contribution in [2.45, 2.75) is 57.2 Å². The molecular formula is C12H22O2. The lowest BCUT2D eigenvalue weighted by Gasteiger charge is -2.41. The first kappa shape index (κ1) is 11.7. The molecular weight excluding hydrogens is 176 g/mol. The summed E-state index contributed by atoms with van der Waals surface area (Å²) in [7, 11) is 1.75. The summed E-state index contributed by atoms with van der Waals surface area (Å²) in [6, 6.07) is 0. The lowest BCUT2D eigenvalue weighted by atomic mass is 9.75. The molecule has 14 heavy (non-hydrogen) atoms. The summed E-state index contributed by atoms with van der Waals surface area (Å²) in [6.45, 7) is 5.84. The molecule has 0 aromatic carbocycles. The van der Waals surface area contributed by atoms with Crippen LogP contribution >= 0.6 is 0 Å². The Morgan fingerprint density at radius 1 is 1.57 bits per heavy atom. The van der Waals surface area contributed by atoms with Gasteiger partial charge in [-0.2, -0.15) is 0 Å². The molecule has 0 radical (unpaired) electrons. The highest BCUT2D eigenvalue weighted by Crippen LogP contribution is 2.39. The minimum absolute atomic E-state index is 0.00546. The number of rotatable bonds is 6. The maximum atomic E-state index is 9.81. The van der Waals surface area contributed by atoms with Crippen molar-refractivity contribution in [3.63, 3.8) is 0 Å². The van der Waals surface area contributed by atoms with E-state index in [1.165, 1.54) is 6.42 Å². The Morgan fingerprint density at radius 2 is 2.21 bits per heavy atom. The molecule has 0 bridgehead atoms. The van der Waals surface area contributed by atoms with Crippen molar-refractivity contribution in [3.05, 3.63) is 12.2 Å². The van der Waals surface area contributed by atoms with Gasteiger partial charge in [-0.25, -0.2) is 0 Å². The number of aliphatic hydroxyl groups is 1. The highest BCUT2D eigenvalue weighted by atomic mass is 16.5. The van der Waals surface area contributed by atoms with Gasteiger partial charge in [0, 0.05) is 13.5 Å². The van der Waals surface area contributed by atoms with E-state index in [1.807, 2.05) is 6.92 Å². The van der Waals surface area contributed by atoms with Crippen molar-refractivity contribution in [2.24, 2.45) is 0 Å². The zero-order chi connectivity index (χ0) is 10.6. The zero-order valence-electron chi connectivity index (χ0n) is 9.38. The molecule has 1 aliphatic rings. The van der Waals surface area contributed by atoms with E-state index in [-0.39, 0.29) is 11.7 Å². The highest BCUT2D eigenvalue weighted by Gasteiger charge is 2.38. The van der Waals surface area contributed by atoms with Crippen molar-refractivity contribution in [3.8, 4) is 0 Å². The molecule has 1 aliphatic carbocycles. The van der Waals surface area contributed by atoms with Gasteiger partial charge in [-0.15, -0.1) is 6.58 Å². The molecule has 0 aliphatic heterocycles. The smallest absolute Gasteiger partial charge is 0.0703 e. The fraction of sp³-hybridized carbons (Fsp3) is 0.833. The third-order valence-corrected chi connectivity index (χ3v) is 3.21. The molecule has 0 heterocycles. The zero-order valence-corrected chi connectivity index (χ0v) is 9.38. The number of methoxy groups -OCH3 is 1. The monoisotopic (exact) mass is 198 g/mol. The normalized spacial score (nSPS) is 21.4. The van der Waals surface area contributed by atoms with Crippen molar-refractivity contribution in [1.82, 2.24) is 0 Å². The molecule has 0 spiro atoms. The average Bonchev–Trinajstić information content (AvgIpc) is 2.08. The Balaban J connectivity index is 2.24. The van der Waals surface area contributed by atoms with Crippen LogP contribution in [0.4, 0.5) is 0 Å². The largest absolute Gasteiger partial charge is 0.393 e. The molecule has 2 heteroatoms. The summed E-state index contributed by atoms with van der Waals surface area (Å²) in [5, 5.41) is 9.81. The first-order valence-electron chi connectivity index (χ1n) is 5.45. The van der Waals surface area contributed by atoms with Gasteiger partial charge in [-0.05, 0) is 39.0 Å². The Hall–Kier alpha value is -0.340. The molecule has 2 nitrogen and oxygen atoms in total. The van der Waals surface area contributed by atoms with Gasteiger partial charge in [0.15, 0.2) is 0 Å². The van der Waals surface area contributed by atoms with Crippen LogP contribution in [0.1, 0.15) is 45.4 Å². The molecule has 82 valence electrons. The van der Waals surface area contributed by atoms with Crippen LogP contribution in [0.5, 0.6) is 0 Å². The van der Waals surface area contributed by atoms with E-state index < -0.39 is 0 Å². The molecule has 0 saturated heterocycles. The van der Waals surface area contributed by atoms with Gasteiger partial charge >= 0.3 is 0 Å². The number of allylic oxidation sites excluding steroid dienone is 1. The first-order valence-corrected chi connectivity index (χ1v) is 5.45.